The van der Waals surface area contributed by atoms with Crippen molar-refractivity contribution in [3.8, 4) is 0 Å². The highest BCUT2D eigenvalue weighted by Gasteiger charge is 2.20. The van der Waals surface area contributed by atoms with Crippen molar-refractivity contribution in [2.45, 2.75) is 42.9 Å². The SMILES string of the molecule is C=CCS(=O)(=O)c1nnc(NC(=O)CCC2CCCC2)s1. The molecule has 0 radical (unpaired) electrons. The third kappa shape index (κ3) is 4.60. The third-order valence-corrected chi connectivity index (χ3v) is 6.44. The molecular formula is C13H19N3O3S2. The number of hydrogen-bond acceptors (Lipinski definition) is 6. The lowest BCUT2D eigenvalue weighted by Gasteiger charge is -2.07. The normalized spacial score (nSPS) is 16.0. The fraction of sp³-hybridized carbons (Fsp3) is 0.615. The van der Waals surface area contributed by atoms with Gasteiger partial charge in [0.1, 0.15) is 0 Å². The molecule has 1 aromatic rings. The largest absolute Gasteiger partial charge is 0.301 e. The molecule has 0 saturated heterocycles. The quantitative estimate of drug-likeness (QED) is 0.613. The van der Waals surface area contributed by atoms with E-state index < -0.39 is 9.84 Å². The Kier molecular flexibility index (Phi) is 5.46. The Morgan fingerprint density at radius 2 is 2.10 bits per heavy atom. The molecule has 1 N–H and O–H groups in total. The highest BCUT2D eigenvalue weighted by molar-refractivity contribution is 7.93. The Bertz CT molecular complexity index is 604. The lowest BCUT2D eigenvalue weighted by molar-refractivity contribution is -0.116. The van der Waals surface area contributed by atoms with E-state index in [4.69, 9.17) is 0 Å². The van der Waals surface area contributed by atoms with Gasteiger partial charge in [-0.2, -0.15) is 0 Å². The van der Waals surface area contributed by atoms with Gasteiger partial charge in [-0.3, -0.25) is 4.79 Å². The predicted molar refractivity (Wildman–Crippen MR) is 82.0 cm³/mol. The van der Waals surface area contributed by atoms with E-state index in [1.807, 2.05) is 0 Å². The first-order chi connectivity index (χ1) is 10.0. The minimum absolute atomic E-state index is 0.0894. The van der Waals surface area contributed by atoms with E-state index in [2.05, 4.69) is 22.1 Å². The molecule has 0 atom stereocenters. The molecule has 0 bridgehead atoms. The predicted octanol–water partition coefficient (Wildman–Crippen LogP) is 2.41. The molecule has 0 unspecified atom stereocenters. The Hall–Kier alpha value is -1.28. The second-order valence-electron chi connectivity index (χ2n) is 5.18. The summed E-state index contributed by atoms with van der Waals surface area (Å²) in [4.78, 5) is 11.8. The Balaban J connectivity index is 1.86. The van der Waals surface area contributed by atoms with Crippen molar-refractivity contribution < 1.29 is 13.2 Å². The molecule has 8 heteroatoms. The van der Waals surface area contributed by atoms with Crippen LogP contribution in [0.1, 0.15) is 38.5 Å². The van der Waals surface area contributed by atoms with Gasteiger partial charge < -0.3 is 5.32 Å². The number of rotatable bonds is 7. The maximum atomic E-state index is 11.8. The average molecular weight is 329 g/mol. The molecular weight excluding hydrogens is 310 g/mol. The smallest absolute Gasteiger partial charge is 0.234 e. The fourth-order valence-electron chi connectivity index (χ4n) is 2.43. The van der Waals surface area contributed by atoms with E-state index in [0.717, 1.165) is 17.8 Å². The Morgan fingerprint density at radius 3 is 2.76 bits per heavy atom. The molecule has 1 saturated carbocycles. The van der Waals surface area contributed by atoms with Crippen LogP contribution in [0, 0.1) is 5.92 Å². The van der Waals surface area contributed by atoms with Crippen molar-refractivity contribution in [3.05, 3.63) is 12.7 Å². The van der Waals surface area contributed by atoms with E-state index >= 15 is 0 Å². The molecule has 21 heavy (non-hydrogen) atoms. The molecule has 1 aliphatic rings. The van der Waals surface area contributed by atoms with Gasteiger partial charge in [0.15, 0.2) is 0 Å². The van der Waals surface area contributed by atoms with Crippen LogP contribution in [0.25, 0.3) is 0 Å². The highest BCUT2D eigenvalue weighted by atomic mass is 32.2. The van der Waals surface area contributed by atoms with E-state index in [0.29, 0.717) is 12.3 Å². The maximum Gasteiger partial charge on any atom is 0.234 e. The molecule has 6 nitrogen and oxygen atoms in total. The van der Waals surface area contributed by atoms with Gasteiger partial charge in [0.2, 0.25) is 25.2 Å². The van der Waals surface area contributed by atoms with E-state index in [-0.39, 0.29) is 21.1 Å². The molecule has 2 rings (SSSR count). The maximum absolute atomic E-state index is 11.8. The first-order valence-corrected chi connectivity index (χ1v) is 9.45. The first kappa shape index (κ1) is 16.1. The molecule has 0 spiro atoms. The summed E-state index contributed by atoms with van der Waals surface area (Å²) in [5.74, 6) is 0.330. The zero-order chi connectivity index (χ0) is 15.3. The van der Waals surface area contributed by atoms with Gasteiger partial charge in [-0.25, -0.2) is 8.42 Å². The topological polar surface area (TPSA) is 89.0 Å². The van der Waals surface area contributed by atoms with Crippen LogP contribution >= 0.6 is 11.3 Å². The van der Waals surface area contributed by atoms with E-state index in [1.54, 1.807) is 0 Å². The van der Waals surface area contributed by atoms with E-state index in [1.165, 1.54) is 31.8 Å². The van der Waals surface area contributed by atoms with Crippen molar-refractivity contribution in [2.24, 2.45) is 5.92 Å². The minimum atomic E-state index is -3.48. The second-order valence-corrected chi connectivity index (χ2v) is 8.37. The molecule has 0 aliphatic heterocycles. The van der Waals surface area contributed by atoms with Crippen LogP contribution in [0.2, 0.25) is 0 Å². The van der Waals surface area contributed by atoms with Gasteiger partial charge in [0.05, 0.1) is 5.75 Å². The monoisotopic (exact) mass is 329 g/mol. The number of carbonyl (C=O) groups excluding carboxylic acids is 1. The van der Waals surface area contributed by atoms with Crippen LogP contribution in [-0.2, 0) is 14.6 Å². The number of nitrogens with zero attached hydrogens (tertiary/aromatic N) is 2. The van der Waals surface area contributed by atoms with Crippen molar-refractivity contribution >= 4 is 32.2 Å². The summed E-state index contributed by atoms with van der Waals surface area (Å²) in [6, 6.07) is 0. The Morgan fingerprint density at radius 1 is 1.38 bits per heavy atom. The van der Waals surface area contributed by atoms with Crippen LogP contribution in [-0.4, -0.2) is 30.3 Å². The molecule has 116 valence electrons. The number of hydrogen-bond donors (Lipinski definition) is 1. The molecule has 1 fully saturated rings. The zero-order valence-corrected chi connectivity index (χ0v) is 13.4. The van der Waals surface area contributed by atoms with Gasteiger partial charge in [0, 0.05) is 6.42 Å². The van der Waals surface area contributed by atoms with Gasteiger partial charge in [-0.1, -0.05) is 43.1 Å². The molecule has 1 aliphatic carbocycles. The van der Waals surface area contributed by atoms with Crippen LogP contribution < -0.4 is 5.32 Å². The zero-order valence-electron chi connectivity index (χ0n) is 11.7. The second kappa shape index (κ2) is 7.13. The minimum Gasteiger partial charge on any atom is -0.301 e. The number of anilines is 1. The van der Waals surface area contributed by atoms with Crippen LogP contribution in [0.5, 0.6) is 0 Å². The van der Waals surface area contributed by atoms with Crippen molar-refractivity contribution in [1.29, 1.82) is 0 Å². The summed E-state index contributed by atoms with van der Waals surface area (Å²) in [5.41, 5.74) is 0. The standard InChI is InChI=1S/C13H19N3O3S2/c1-2-9-21(18,19)13-16-15-12(20-13)14-11(17)8-7-10-5-3-4-6-10/h2,10H,1,3-9H2,(H,14,15,17). The lowest BCUT2D eigenvalue weighted by atomic mass is 10.0. The van der Waals surface area contributed by atoms with Crippen molar-refractivity contribution in [1.82, 2.24) is 10.2 Å². The number of amides is 1. The Labute approximate surface area is 128 Å². The van der Waals surface area contributed by atoms with Crippen LogP contribution in [0.3, 0.4) is 0 Å². The summed E-state index contributed by atoms with van der Waals surface area (Å²) in [7, 11) is -3.48. The van der Waals surface area contributed by atoms with Gasteiger partial charge in [0.25, 0.3) is 0 Å². The third-order valence-electron chi connectivity index (χ3n) is 3.51. The number of sulfone groups is 1. The highest BCUT2D eigenvalue weighted by Crippen LogP contribution is 2.28. The molecule has 1 aromatic heterocycles. The van der Waals surface area contributed by atoms with Gasteiger partial charge >= 0.3 is 0 Å². The molecule has 0 aromatic carbocycles. The van der Waals surface area contributed by atoms with Gasteiger partial charge in [-0.05, 0) is 12.3 Å². The number of aromatic nitrogens is 2. The first-order valence-electron chi connectivity index (χ1n) is 6.98. The summed E-state index contributed by atoms with van der Waals surface area (Å²) in [5, 5.41) is 10.2. The summed E-state index contributed by atoms with van der Waals surface area (Å²) in [6.45, 7) is 3.40. The van der Waals surface area contributed by atoms with E-state index in [9.17, 15) is 13.2 Å². The van der Waals surface area contributed by atoms with Crippen molar-refractivity contribution in [2.75, 3.05) is 11.1 Å². The van der Waals surface area contributed by atoms with Gasteiger partial charge in [-0.15, -0.1) is 16.8 Å². The van der Waals surface area contributed by atoms with Crippen molar-refractivity contribution in [3.63, 3.8) is 0 Å². The van der Waals surface area contributed by atoms with Crippen LogP contribution in [0.15, 0.2) is 17.0 Å². The van der Waals surface area contributed by atoms with Crippen LogP contribution in [0.4, 0.5) is 5.13 Å². The summed E-state index contributed by atoms with van der Waals surface area (Å²) >= 11 is 0.876. The number of nitrogens with one attached hydrogen (secondary N) is 1. The average Bonchev–Trinajstić information content (AvgIpc) is 3.07. The molecule has 1 heterocycles. The lowest BCUT2D eigenvalue weighted by Crippen LogP contribution is -2.12. The summed E-state index contributed by atoms with van der Waals surface area (Å²) in [6.07, 6.45) is 7.55. The molecule has 1 amide bonds. The fourth-order valence-corrected chi connectivity index (χ4v) is 4.49. The number of carbonyl (C=O) groups is 1. The summed E-state index contributed by atoms with van der Waals surface area (Å²) < 4.78 is 23.4.